The summed E-state index contributed by atoms with van der Waals surface area (Å²) in [5.41, 5.74) is 15.5. The molecule has 0 aliphatic carbocycles. The topological polar surface area (TPSA) is 32.3 Å². The molecule has 0 saturated carbocycles. The van der Waals surface area contributed by atoms with E-state index in [1.165, 1.54) is 133 Å². The Morgan fingerprint density at radius 3 is 1.21 bits per heavy atom. The number of benzene rings is 4. The molecule has 4 heteroatoms. The van der Waals surface area contributed by atoms with Crippen LogP contribution in [0.5, 0.6) is 0 Å². The lowest BCUT2D eigenvalue weighted by Crippen LogP contribution is -2.28. The van der Waals surface area contributed by atoms with Crippen LogP contribution in [0.2, 0.25) is 0 Å². The molecule has 2 aromatic heterocycles. The minimum atomic E-state index is 0.925. The summed E-state index contributed by atoms with van der Waals surface area (Å²) in [6.07, 6.45) is 24.8. The fraction of sp³-hybridized carbons (Fsp3) is 0.358. The second-order valence-electron chi connectivity index (χ2n) is 16.5. The van der Waals surface area contributed by atoms with Gasteiger partial charge in [-0.3, -0.25) is 9.97 Å². The number of pyridine rings is 2. The lowest BCUT2D eigenvalue weighted by Gasteiger charge is -2.22. The Bertz CT molecular complexity index is 2100. The highest BCUT2D eigenvalue weighted by molar-refractivity contribution is 5.82. The van der Waals surface area contributed by atoms with Gasteiger partial charge < -0.3 is 9.80 Å². The van der Waals surface area contributed by atoms with Crippen LogP contribution in [-0.4, -0.2) is 23.2 Å². The first-order valence-corrected chi connectivity index (χ1v) is 22.0. The Hall–Kier alpha value is -5.22. The molecule has 0 spiro atoms. The van der Waals surface area contributed by atoms with E-state index in [1.807, 2.05) is 0 Å². The second kappa shape index (κ2) is 19.8. The van der Waals surface area contributed by atoms with Crippen molar-refractivity contribution >= 4 is 17.1 Å². The fourth-order valence-corrected chi connectivity index (χ4v) is 8.72. The van der Waals surface area contributed by atoms with Gasteiger partial charge in [-0.1, -0.05) is 123 Å². The van der Waals surface area contributed by atoms with E-state index in [1.54, 1.807) is 0 Å². The molecular formula is C53H60N4. The van der Waals surface area contributed by atoms with Crippen LogP contribution in [0.4, 0.5) is 17.1 Å². The Morgan fingerprint density at radius 2 is 0.754 bits per heavy atom. The van der Waals surface area contributed by atoms with Crippen molar-refractivity contribution in [1.82, 2.24) is 9.97 Å². The SMILES string of the molecule is c1ccc2c(c1)N1CCCCCCc3ccc(cc3)-c3ccc(cn3)CCCCCCc3ccc(cc3)-c3ccc(cn3)CCCCCCc3ccc(cc3)N2C1. The van der Waals surface area contributed by atoms with Gasteiger partial charge in [-0.15, -0.1) is 0 Å². The lowest BCUT2D eigenvalue weighted by atomic mass is 10.0. The molecule has 13 rings (SSSR count). The van der Waals surface area contributed by atoms with E-state index < -0.39 is 0 Å². The molecule has 57 heavy (non-hydrogen) atoms. The van der Waals surface area contributed by atoms with Crippen LogP contribution >= 0.6 is 0 Å². The number of hydrogen-bond donors (Lipinski definition) is 0. The molecule has 0 N–H and O–H groups in total. The van der Waals surface area contributed by atoms with Crippen molar-refractivity contribution in [2.24, 2.45) is 0 Å². The van der Waals surface area contributed by atoms with Crippen molar-refractivity contribution in [1.29, 1.82) is 0 Å². The number of aryl methyl sites for hydroxylation is 5. The van der Waals surface area contributed by atoms with Crippen molar-refractivity contribution in [3.05, 3.63) is 162 Å². The zero-order valence-corrected chi connectivity index (χ0v) is 33.9. The van der Waals surface area contributed by atoms with Gasteiger partial charge in [-0.25, -0.2) is 0 Å². The van der Waals surface area contributed by atoms with Gasteiger partial charge in [0.05, 0.1) is 29.4 Å². The van der Waals surface area contributed by atoms with E-state index in [0.717, 1.165) is 56.7 Å². The molecule has 12 bridgehead atoms. The molecule has 6 aromatic rings. The summed E-state index contributed by atoms with van der Waals surface area (Å²) in [7, 11) is 0. The first-order chi connectivity index (χ1) is 28.2. The third kappa shape index (κ3) is 10.6. The standard InChI is InChI=1S/C53H60N4/c1-3-10-18-45-28-37-51(55-39-45)48-32-24-43(25-33-48)16-9-5-6-14-38-56-41-57(53-21-13-12-20-52(53)56)49-34-26-44(27-35-49)17-8-2-4-11-19-46-29-36-50(54-40-46)47-30-22-42(15-7-1)23-31-47/h12-13,20-37,39-40H,1-11,14-19,38,41H2. The maximum absolute atomic E-state index is 4.84. The van der Waals surface area contributed by atoms with Gasteiger partial charge in [0.15, 0.2) is 0 Å². The molecule has 7 aliphatic heterocycles. The molecule has 292 valence electrons. The third-order valence-corrected chi connectivity index (χ3v) is 12.2. The molecule has 0 atom stereocenters. The van der Waals surface area contributed by atoms with Crippen LogP contribution in [0.25, 0.3) is 22.5 Å². The number of hydrogen-bond acceptors (Lipinski definition) is 4. The molecule has 0 unspecified atom stereocenters. The quantitative estimate of drug-likeness (QED) is 0.155. The smallest absolute Gasteiger partial charge is 0.0953 e. The molecular weight excluding hydrogens is 693 g/mol. The van der Waals surface area contributed by atoms with E-state index in [9.17, 15) is 0 Å². The Kier molecular flexibility index (Phi) is 13.4. The van der Waals surface area contributed by atoms with Crippen molar-refractivity contribution in [2.45, 2.75) is 109 Å². The molecule has 9 heterocycles. The number of anilines is 3. The van der Waals surface area contributed by atoms with Crippen LogP contribution in [0.3, 0.4) is 0 Å². The Labute approximate surface area is 342 Å². The predicted octanol–water partition coefficient (Wildman–Crippen LogP) is 13.5. The van der Waals surface area contributed by atoms with Gasteiger partial charge in [0, 0.05) is 35.8 Å². The molecule has 0 saturated heterocycles. The van der Waals surface area contributed by atoms with Crippen molar-refractivity contribution < 1.29 is 0 Å². The highest BCUT2D eigenvalue weighted by Crippen LogP contribution is 2.40. The summed E-state index contributed by atoms with van der Waals surface area (Å²) in [4.78, 5) is 14.7. The first-order valence-electron chi connectivity index (χ1n) is 22.0. The maximum atomic E-state index is 4.84. The minimum absolute atomic E-state index is 0.925. The summed E-state index contributed by atoms with van der Waals surface area (Å²) in [5, 5.41) is 0. The third-order valence-electron chi connectivity index (χ3n) is 12.2. The van der Waals surface area contributed by atoms with Gasteiger partial charge in [0.1, 0.15) is 0 Å². The summed E-state index contributed by atoms with van der Waals surface area (Å²) < 4.78 is 0. The molecule has 0 amide bonds. The molecule has 0 fully saturated rings. The van der Waals surface area contributed by atoms with Crippen LogP contribution in [0.15, 0.2) is 134 Å². The van der Waals surface area contributed by atoms with Crippen LogP contribution in [0, 0.1) is 0 Å². The Balaban J connectivity index is 0.877. The number of aromatic nitrogens is 2. The molecule has 4 nitrogen and oxygen atoms in total. The van der Waals surface area contributed by atoms with Crippen LogP contribution in [-0.2, 0) is 32.1 Å². The van der Waals surface area contributed by atoms with E-state index in [2.05, 4.69) is 144 Å². The van der Waals surface area contributed by atoms with Crippen LogP contribution < -0.4 is 9.80 Å². The summed E-state index contributed by atoms with van der Waals surface area (Å²) in [6.45, 7) is 2.02. The summed E-state index contributed by atoms with van der Waals surface area (Å²) in [5.74, 6) is 0. The number of fused-ring (bicyclic) bond motifs is 6. The van der Waals surface area contributed by atoms with Crippen molar-refractivity contribution in [3.8, 4) is 22.5 Å². The maximum Gasteiger partial charge on any atom is 0.0953 e. The van der Waals surface area contributed by atoms with Gasteiger partial charge >= 0.3 is 0 Å². The average Bonchev–Trinajstić information content (AvgIpc) is 3.64. The summed E-state index contributed by atoms with van der Waals surface area (Å²) >= 11 is 0. The first kappa shape index (κ1) is 38.6. The van der Waals surface area contributed by atoms with Crippen LogP contribution in [0.1, 0.15) is 105 Å². The number of rotatable bonds is 0. The monoisotopic (exact) mass is 752 g/mol. The normalized spacial score (nSPS) is 16.4. The van der Waals surface area contributed by atoms with E-state index in [-0.39, 0.29) is 0 Å². The highest BCUT2D eigenvalue weighted by atomic mass is 15.4. The predicted molar refractivity (Wildman–Crippen MR) is 241 cm³/mol. The fourth-order valence-electron chi connectivity index (χ4n) is 8.72. The molecule has 0 radical (unpaired) electrons. The second-order valence-corrected chi connectivity index (χ2v) is 16.5. The zero-order chi connectivity index (χ0) is 38.5. The largest absolute Gasteiger partial charge is 0.352 e. The Morgan fingerprint density at radius 1 is 0.351 bits per heavy atom. The lowest BCUT2D eigenvalue weighted by molar-refractivity contribution is 0.630. The molecule has 4 aromatic carbocycles. The number of nitrogens with zero attached hydrogens (tertiary/aromatic N) is 4. The van der Waals surface area contributed by atoms with E-state index >= 15 is 0 Å². The highest BCUT2D eigenvalue weighted by Gasteiger charge is 2.26. The van der Waals surface area contributed by atoms with Crippen molar-refractivity contribution in [2.75, 3.05) is 23.0 Å². The van der Waals surface area contributed by atoms with Gasteiger partial charge in [0.2, 0.25) is 0 Å². The van der Waals surface area contributed by atoms with Gasteiger partial charge in [-0.05, 0) is 135 Å². The average molecular weight is 753 g/mol. The summed E-state index contributed by atoms with van der Waals surface area (Å²) in [6, 6.07) is 45.4. The molecule has 7 aliphatic rings. The van der Waals surface area contributed by atoms with Crippen molar-refractivity contribution in [3.63, 3.8) is 0 Å². The van der Waals surface area contributed by atoms with Gasteiger partial charge in [-0.2, -0.15) is 0 Å². The zero-order valence-electron chi connectivity index (χ0n) is 33.9. The van der Waals surface area contributed by atoms with Gasteiger partial charge in [0.25, 0.3) is 0 Å². The minimum Gasteiger partial charge on any atom is -0.352 e. The number of para-hydroxylation sites is 2. The van der Waals surface area contributed by atoms with E-state index in [0.29, 0.717) is 0 Å². The van der Waals surface area contributed by atoms with E-state index in [4.69, 9.17) is 9.97 Å².